The summed E-state index contributed by atoms with van der Waals surface area (Å²) in [6.45, 7) is -0.778. The molecule has 13 heavy (non-hydrogen) atoms. The zero-order valence-corrected chi connectivity index (χ0v) is 6.63. The highest BCUT2D eigenvalue weighted by atomic mass is 32.2. The van der Waals surface area contributed by atoms with Crippen LogP contribution in [0.4, 0.5) is 13.2 Å². The van der Waals surface area contributed by atoms with Gasteiger partial charge in [-0.3, -0.25) is 4.55 Å². The topological polar surface area (TPSA) is 112 Å². The molecule has 3 N–H and O–H groups in total. The molecule has 0 aliphatic carbocycles. The first-order valence-corrected chi connectivity index (χ1v) is 3.82. The number of carbonyl (C=O) groups is 1. The van der Waals surface area contributed by atoms with E-state index in [-0.39, 0.29) is 0 Å². The third-order valence-corrected chi connectivity index (χ3v) is 1.01. The lowest BCUT2D eigenvalue weighted by atomic mass is 10.8. The molecule has 80 valence electrons. The second-order valence-corrected chi connectivity index (χ2v) is 2.89. The minimum atomic E-state index is -5.84. The maximum absolute atomic E-state index is 10.7. The van der Waals surface area contributed by atoms with Crippen LogP contribution in [0, 0.1) is 0 Å². The SMILES string of the molecule is O=C(O)CO.O=S(=O)(O)C(F)(F)F. The molecular weight excluding hydrogens is 221 g/mol. The predicted molar refractivity (Wildman–Crippen MR) is 32.3 cm³/mol. The Kier molecular flexibility index (Phi) is 5.62. The second kappa shape index (κ2) is 4.99. The first-order valence-electron chi connectivity index (χ1n) is 2.38. The lowest BCUT2D eigenvalue weighted by molar-refractivity contribution is -0.140. The van der Waals surface area contributed by atoms with Crippen molar-refractivity contribution in [3.63, 3.8) is 0 Å². The lowest BCUT2D eigenvalue weighted by Gasteiger charge is -1.97. The highest BCUT2D eigenvalue weighted by Gasteiger charge is 2.44. The summed E-state index contributed by atoms with van der Waals surface area (Å²) in [6, 6.07) is 0. The average Bonchev–Trinajstić information content (AvgIpc) is 1.84. The number of carboxylic acids is 1. The fourth-order valence-electron chi connectivity index (χ4n) is 0. The Bertz CT molecular complexity index is 253. The van der Waals surface area contributed by atoms with Crippen molar-refractivity contribution in [3.05, 3.63) is 0 Å². The number of aliphatic hydroxyl groups is 1. The summed E-state index contributed by atoms with van der Waals surface area (Å²) in [7, 11) is -5.84. The fraction of sp³-hybridized carbons (Fsp3) is 0.667. The van der Waals surface area contributed by atoms with E-state index < -0.39 is 28.2 Å². The molecule has 0 bridgehead atoms. The third kappa shape index (κ3) is 9.04. The van der Waals surface area contributed by atoms with Gasteiger partial charge in [0, 0.05) is 0 Å². The van der Waals surface area contributed by atoms with E-state index in [1.165, 1.54) is 0 Å². The number of halogens is 3. The van der Waals surface area contributed by atoms with Crippen LogP contribution in [0.5, 0.6) is 0 Å². The van der Waals surface area contributed by atoms with Crippen molar-refractivity contribution < 1.29 is 41.1 Å². The molecule has 0 radical (unpaired) electrons. The van der Waals surface area contributed by atoms with Crippen molar-refractivity contribution in [2.24, 2.45) is 0 Å². The van der Waals surface area contributed by atoms with E-state index >= 15 is 0 Å². The van der Waals surface area contributed by atoms with E-state index in [0.29, 0.717) is 0 Å². The first-order chi connectivity index (χ1) is 5.52. The van der Waals surface area contributed by atoms with Gasteiger partial charge in [-0.05, 0) is 0 Å². The largest absolute Gasteiger partial charge is 0.522 e. The first kappa shape index (κ1) is 14.6. The van der Waals surface area contributed by atoms with Crippen molar-refractivity contribution in [1.82, 2.24) is 0 Å². The highest BCUT2D eigenvalue weighted by Crippen LogP contribution is 2.20. The van der Waals surface area contributed by atoms with Crippen molar-refractivity contribution in [2.45, 2.75) is 5.51 Å². The molecule has 0 atom stereocenters. The van der Waals surface area contributed by atoms with Gasteiger partial charge in [0.15, 0.2) is 0 Å². The Morgan fingerprint density at radius 1 is 1.31 bits per heavy atom. The zero-order valence-electron chi connectivity index (χ0n) is 5.82. The highest BCUT2D eigenvalue weighted by molar-refractivity contribution is 7.86. The van der Waals surface area contributed by atoms with Gasteiger partial charge in [0.2, 0.25) is 0 Å². The molecule has 0 rings (SSSR count). The normalized spacial score (nSPS) is 11.5. The molecule has 0 aromatic carbocycles. The molecule has 0 unspecified atom stereocenters. The number of hydrogen-bond acceptors (Lipinski definition) is 4. The molecule has 0 aliphatic rings. The Balaban J connectivity index is 0. The molecule has 0 aliphatic heterocycles. The van der Waals surface area contributed by atoms with Gasteiger partial charge in [-0.1, -0.05) is 0 Å². The molecule has 0 saturated heterocycles. The van der Waals surface area contributed by atoms with Crippen LogP contribution < -0.4 is 0 Å². The fourth-order valence-corrected chi connectivity index (χ4v) is 0. The van der Waals surface area contributed by atoms with Gasteiger partial charge in [-0.15, -0.1) is 0 Å². The van der Waals surface area contributed by atoms with Crippen LogP contribution in [0.1, 0.15) is 0 Å². The van der Waals surface area contributed by atoms with Crippen molar-refractivity contribution in [3.8, 4) is 0 Å². The minimum absolute atomic E-state index is 0.778. The monoisotopic (exact) mass is 226 g/mol. The van der Waals surface area contributed by atoms with Gasteiger partial charge in [0.1, 0.15) is 6.61 Å². The summed E-state index contributed by atoms with van der Waals surface area (Å²) in [5.41, 5.74) is -5.53. The van der Waals surface area contributed by atoms with E-state index in [4.69, 9.17) is 28.0 Å². The maximum atomic E-state index is 10.7. The smallest absolute Gasteiger partial charge is 0.480 e. The maximum Gasteiger partial charge on any atom is 0.522 e. The number of aliphatic hydroxyl groups excluding tert-OH is 1. The Morgan fingerprint density at radius 3 is 1.46 bits per heavy atom. The van der Waals surface area contributed by atoms with E-state index in [2.05, 4.69) is 0 Å². The molecule has 0 aromatic heterocycles. The molecule has 0 heterocycles. The number of hydrogen-bond donors (Lipinski definition) is 3. The molecule has 10 heteroatoms. The summed E-state index contributed by atoms with van der Waals surface area (Å²) in [5, 5.41) is 15.0. The molecule has 0 spiro atoms. The molecule has 0 amide bonds. The van der Waals surface area contributed by atoms with Crippen LogP contribution in [-0.2, 0) is 14.9 Å². The van der Waals surface area contributed by atoms with Crippen molar-refractivity contribution in [1.29, 1.82) is 0 Å². The van der Waals surface area contributed by atoms with Crippen LogP contribution in [-0.4, -0.2) is 41.3 Å². The third-order valence-electron chi connectivity index (χ3n) is 0.428. The number of rotatable bonds is 1. The molecule has 0 fully saturated rings. The summed E-state index contributed by atoms with van der Waals surface area (Å²) in [5.74, 6) is -1.19. The minimum Gasteiger partial charge on any atom is -0.480 e. The Hall–Kier alpha value is -0.870. The predicted octanol–water partition coefficient (Wildman–Crippen LogP) is -0.543. The summed E-state index contributed by atoms with van der Waals surface area (Å²) < 4.78 is 57.5. The summed E-state index contributed by atoms with van der Waals surface area (Å²) in [6.07, 6.45) is 0. The van der Waals surface area contributed by atoms with Crippen molar-refractivity contribution in [2.75, 3.05) is 6.61 Å². The van der Waals surface area contributed by atoms with Gasteiger partial charge < -0.3 is 10.2 Å². The van der Waals surface area contributed by atoms with Crippen LogP contribution in [0.2, 0.25) is 0 Å². The zero-order chi connectivity index (χ0) is 11.3. The average molecular weight is 226 g/mol. The van der Waals surface area contributed by atoms with Crippen LogP contribution in [0.15, 0.2) is 0 Å². The van der Waals surface area contributed by atoms with Gasteiger partial charge in [-0.2, -0.15) is 21.6 Å². The molecular formula is C3H5F3O6S. The number of alkyl halides is 3. The molecule has 6 nitrogen and oxygen atoms in total. The van der Waals surface area contributed by atoms with E-state index in [0.717, 1.165) is 0 Å². The van der Waals surface area contributed by atoms with Crippen LogP contribution in [0.25, 0.3) is 0 Å². The van der Waals surface area contributed by atoms with E-state index in [9.17, 15) is 13.2 Å². The number of aliphatic carboxylic acids is 1. The quantitative estimate of drug-likeness (QED) is 0.408. The van der Waals surface area contributed by atoms with Crippen LogP contribution in [0.3, 0.4) is 0 Å². The summed E-state index contributed by atoms with van der Waals surface area (Å²) >= 11 is 0. The van der Waals surface area contributed by atoms with Gasteiger partial charge in [0.25, 0.3) is 0 Å². The van der Waals surface area contributed by atoms with Gasteiger partial charge >= 0.3 is 21.6 Å². The lowest BCUT2D eigenvalue weighted by Crippen LogP contribution is -2.21. The van der Waals surface area contributed by atoms with Gasteiger partial charge in [-0.25, -0.2) is 4.79 Å². The standard InChI is InChI=1S/C2H4O3.CHF3O3S/c3-1-2(4)5;2-1(3,4)8(5,6)7/h3H,1H2,(H,4,5);(H,5,6,7). The second-order valence-electron chi connectivity index (χ2n) is 1.47. The van der Waals surface area contributed by atoms with Crippen LogP contribution >= 0.6 is 0 Å². The van der Waals surface area contributed by atoms with Gasteiger partial charge in [0.05, 0.1) is 0 Å². The number of carboxylic acid groups (broad SMARTS) is 1. The molecule has 0 saturated carbocycles. The molecule has 0 aromatic rings. The summed E-state index contributed by atoms with van der Waals surface area (Å²) in [4.78, 5) is 9.12. The Morgan fingerprint density at radius 2 is 1.46 bits per heavy atom. The van der Waals surface area contributed by atoms with E-state index in [1.807, 2.05) is 0 Å². The van der Waals surface area contributed by atoms with E-state index in [1.54, 1.807) is 0 Å². The Labute approximate surface area is 70.4 Å². The van der Waals surface area contributed by atoms with Crippen molar-refractivity contribution >= 4 is 16.1 Å².